The van der Waals surface area contributed by atoms with Crippen molar-refractivity contribution in [3.63, 3.8) is 0 Å². The molecule has 0 N–H and O–H groups in total. The molecule has 124 valence electrons. The van der Waals surface area contributed by atoms with Crippen LogP contribution in [0.1, 0.15) is 43.9 Å². The molecule has 0 bridgehead atoms. The van der Waals surface area contributed by atoms with Crippen LogP contribution in [0.2, 0.25) is 0 Å². The summed E-state index contributed by atoms with van der Waals surface area (Å²) in [5, 5.41) is 9.53. The van der Waals surface area contributed by atoms with Gasteiger partial charge in [0, 0.05) is 17.7 Å². The number of rotatable bonds is 7. The Balaban J connectivity index is 1.94. The van der Waals surface area contributed by atoms with E-state index in [2.05, 4.69) is 42.5 Å². The molecular weight excluding hydrogens is 310 g/mol. The molecule has 5 nitrogen and oxygen atoms in total. The number of nitrogens with zero attached hydrogens (tertiary/aromatic N) is 3. The summed E-state index contributed by atoms with van der Waals surface area (Å²) >= 11 is 1.62. The average molecular weight is 333 g/mol. The molecule has 1 heterocycles. The lowest BCUT2D eigenvalue weighted by Crippen LogP contribution is -2.19. The lowest BCUT2D eigenvalue weighted by atomic mass is 9.96. The molecule has 0 saturated carbocycles. The number of thioether (sulfide) groups is 1. The van der Waals surface area contributed by atoms with E-state index in [9.17, 15) is 4.79 Å². The van der Waals surface area contributed by atoms with Gasteiger partial charge in [0.25, 0.3) is 0 Å². The highest BCUT2D eigenvalue weighted by Crippen LogP contribution is 2.25. The van der Waals surface area contributed by atoms with Crippen molar-refractivity contribution in [3.8, 4) is 5.75 Å². The molecule has 23 heavy (non-hydrogen) atoms. The number of para-hydroxylation sites is 1. The summed E-state index contributed by atoms with van der Waals surface area (Å²) in [6, 6.07) is 7.24. The van der Waals surface area contributed by atoms with Crippen molar-refractivity contribution >= 4 is 18.0 Å². The summed E-state index contributed by atoms with van der Waals surface area (Å²) < 4.78 is 7.83. The number of ether oxygens (including phenoxy) is 1. The van der Waals surface area contributed by atoms with Crippen molar-refractivity contribution in [1.29, 1.82) is 0 Å². The van der Waals surface area contributed by atoms with Crippen LogP contribution in [0.25, 0.3) is 0 Å². The molecule has 1 aromatic heterocycles. The third-order valence-electron chi connectivity index (χ3n) is 3.32. The summed E-state index contributed by atoms with van der Waals surface area (Å²) in [5.74, 6) is 2.36. The fourth-order valence-electron chi connectivity index (χ4n) is 2.23. The van der Waals surface area contributed by atoms with E-state index in [1.165, 1.54) is 0 Å². The molecule has 2 aromatic rings. The molecule has 0 fully saturated rings. The maximum absolute atomic E-state index is 11.0. The number of benzene rings is 1. The molecule has 0 amide bonds. The fraction of sp³-hybridized carbons (Fsp3) is 0.471. The molecule has 2 rings (SSSR count). The third-order valence-corrected chi connectivity index (χ3v) is 4.25. The van der Waals surface area contributed by atoms with Crippen LogP contribution >= 0.6 is 11.8 Å². The number of hydrogen-bond donors (Lipinski definition) is 0. The minimum absolute atomic E-state index is 0.0266. The molecule has 0 aliphatic carbocycles. The molecule has 0 atom stereocenters. The van der Waals surface area contributed by atoms with Gasteiger partial charge in [-0.05, 0) is 19.1 Å². The van der Waals surface area contributed by atoms with Crippen LogP contribution in [0.15, 0.2) is 29.4 Å². The Kier molecular flexibility index (Phi) is 5.82. The first-order chi connectivity index (χ1) is 11.0. The van der Waals surface area contributed by atoms with Gasteiger partial charge in [-0.2, -0.15) is 0 Å². The molecule has 0 unspecified atom stereocenters. The summed E-state index contributed by atoms with van der Waals surface area (Å²) in [5.41, 5.74) is 0.547. The van der Waals surface area contributed by atoms with E-state index in [0.717, 1.165) is 29.6 Å². The minimum atomic E-state index is -0.0266. The maximum atomic E-state index is 11.0. The van der Waals surface area contributed by atoms with Gasteiger partial charge in [0.1, 0.15) is 11.6 Å². The molecule has 0 aliphatic rings. The Bertz CT molecular complexity index is 662. The van der Waals surface area contributed by atoms with E-state index in [-0.39, 0.29) is 5.41 Å². The SMILES string of the molecule is CCn1c(SCCOc2ccccc2C=O)nnc1C(C)(C)C. The lowest BCUT2D eigenvalue weighted by molar-refractivity contribution is 0.112. The summed E-state index contributed by atoms with van der Waals surface area (Å²) in [7, 11) is 0. The Morgan fingerprint density at radius 2 is 2.00 bits per heavy atom. The maximum Gasteiger partial charge on any atom is 0.191 e. The van der Waals surface area contributed by atoms with Crippen LogP contribution in [-0.4, -0.2) is 33.4 Å². The molecule has 0 aliphatic heterocycles. The predicted molar refractivity (Wildman–Crippen MR) is 92.4 cm³/mol. The van der Waals surface area contributed by atoms with Crippen LogP contribution in [-0.2, 0) is 12.0 Å². The zero-order valence-corrected chi connectivity index (χ0v) is 14.9. The van der Waals surface area contributed by atoms with Gasteiger partial charge in [0.15, 0.2) is 11.4 Å². The van der Waals surface area contributed by atoms with Gasteiger partial charge in [-0.15, -0.1) is 10.2 Å². The Hall–Kier alpha value is -1.82. The van der Waals surface area contributed by atoms with Crippen LogP contribution in [0.4, 0.5) is 0 Å². The molecular formula is C17H23N3O2S. The number of carbonyl (C=O) groups excluding carboxylic acids is 1. The van der Waals surface area contributed by atoms with E-state index in [1.807, 2.05) is 12.1 Å². The zero-order valence-electron chi connectivity index (χ0n) is 14.1. The van der Waals surface area contributed by atoms with Crippen molar-refractivity contribution in [2.45, 2.75) is 44.8 Å². The molecule has 0 radical (unpaired) electrons. The Morgan fingerprint density at radius 1 is 1.26 bits per heavy atom. The first kappa shape index (κ1) is 17.5. The monoisotopic (exact) mass is 333 g/mol. The van der Waals surface area contributed by atoms with E-state index < -0.39 is 0 Å². The van der Waals surface area contributed by atoms with Crippen molar-refractivity contribution in [1.82, 2.24) is 14.8 Å². The number of aromatic nitrogens is 3. The topological polar surface area (TPSA) is 57.0 Å². The van der Waals surface area contributed by atoms with Crippen LogP contribution in [0, 0.1) is 0 Å². The number of carbonyl (C=O) groups is 1. The zero-order chi connectivity index (χ0) is 16.9. The van der Waals surface area contributed by atoms with Crippen molar-refractivity contribution in [3.05, 3.63) is 35.7 Å². The summed E-state index contributed by atoms with van der Waals surface area (Å²) in [6.45, 7) is 9.86. The van der Waals surface area contributed by atoms with Gasteiger partial charge < -0.3 is 9.30 Å². The standard InChI is InChI=1S/C17H23N3O2S/c1-5-20-15(17(2,3)4)18-19-16(20)23-11-10-22-14-9-7-6-8-13(14)12-21/h6-9,12H,5,10-11H2,1-4H3. The highest BCUT2D eigenvalue weighted by Gasteiger charge is 2.23. The normalized spacial score (nSPS) is 11.5. The number of aldehydes is 1. The van der Waals surface area contributed by atoms with Gasteiger partial charge in [0.2, 0.25) is 0 Å². The van der Waals surface area contributed by atoms with E-state index >= 15 is 0 Å². The van der Waals surface area contributed by atoms with Crippen molar-refractivity contribution in [2.75, 3.05) is 12.4 Å². The number of hydrogen-bond acceptors (Lipinski definition) is 5. The van der Waals surface area contributed by atoms with Gasteiger partial charge >= 0.3 is 0 Å². The van der Waals surface area contributed by atoms with Gasteiger partial charge in [-0.1, -0.05) is 44.7 Å². The van der Waals surface area contributed by atoms with Gasteiger partial charge in [0.05, 0.1) is 12.2 Å². The van der Waals surface area contributed by atoms with Gasteiger partial charge in [-0.25, -0.2) is 0 Å². The van der Waals surface area contributed by atoms with Crippen LogP contribution < -0.4 is 4.74 Å². The first-order valence-electron chi connectivity index (χ1n) is 7.71. The van der Waals surface area contributed by atoms with Crippen molar-refractivity contribution < 1.29 is 9.53 Å². The quantitative estimate of drug-likeness (QED) is 0.440. The summed E-state index contributed by atoms with van der Waals surface area (Å²) in [4.78, 5) is 11.0. The van der Waals surface area contributed by atoms with Gasteiger partial charge in [-0.3, -0.25) is 4.79 Å². The second-order valence-corrected chi connectivity index (χ2v) is 7.22. The highest BCUT2D eigenvalue weighted by molar-refractivity contribution is 7.99. The minimum Gasteiger partial charge on any atom is -0.492 e. The largest absolute Gasteiger partial charge is 0.492 e. The summed E-state index contributed by atoms with van der Waals surface area (Å²) in [6.07, 6.45) is 0.811. The molecule has 6 heteroatoms. The van der Waals surface area contributed by atoms with E-state index in [4.69, 9.17) is 4.74 Å². The molecule has 0 saturated heterocycles. The van der Waals surface area contributed by atoms with Crippen LogP contribution in [0.3, 0.4) is 0 Å². The lowest BCUT2D eigenvalue weighted by Gasteiger charge is -2.18. The van der Waals surface area contributed by atoms with E-state index in [1.54, 1.807) is 23.9 Å². The van der Waals surface area contributed by atoms with Crippen molar-refractivity contribution in [2.24, 2.45) is 0 Å². The van der Waals surface area contributed by atoms with E-state index in [0.29, 0.717) is 17.9 Å². The third kappa shape index (κ3) is 4.34. The Morgan fingerprint density at radius 3 is 2.65 bits per heavy atom. The van der Waals surface area contributed by atoms with Crippen LogP contribution in [0.5, 0.6) is 5.75 Å². The molecule has 0 spiro atoms. The smallest absolute Gasteiger partial charge is 0.191 e. The highest BCUT2D eigenvalue weighted by atomic mass is 32.2. The average Bonchev–Trinajstić information content (AvgIpc) is 2.95. The predicted octanol–water partition coefficient (Wildman–Crippen LogP) is 3.58. The fourth-order valence-corrected chi connectivity index (χ4v) is 3.05. The second-order valence-electron chi connectivity index (χ2n) is 6.15. The Labute approximate surface area is 141 Å². The first-order valence-corrected chi connectivity index (χ1v) is 8.69. The molecule has 1 aromatic carbocycles. The second kappa shape index (κ2) is 7.64.